The molecule has 1 fully saturated rings. The number of benzene rings is 1. The molecule has 1 aromatic carbocycles. The minimum atomic E-state index is 0.138. The van der Waals surface area contributed by atoms with Crippen LogP contribution in [0.2, 0.25) is 0 Å². The number of H-pyrrole nitrogens is 1. The van der Waals surface area contributed by atoms with E-state index >= 15 is 0 Å². The van der Waals surface area contributed by atoms with Crippen LogP contribution in [0.1, 0.15) is 6.92 Å². The fourth-order valence-electron chi connectivity index (χ4n) is 3.06. The Labute approximate surface area is 140 Å². The summed E-state index contributed by atoms with van der Waals surface area (Å²) in [7, 11) is 0. The van der Waals surface area contributed by atoms with Gasteiger partial charge in [-0.15, -0.1) is 0 Å². The Hall–Kier alpha value is -2.89. The topological polar surface area (TPSA) is 65.1 Å². The maximum atomic E-state index is 11.4. The van der Waals surface area contributed by atoms with Crippen LogP contribution in [0.25, 0.3) is 22.6 Å². The van der Waals surface area contributed by atoms with Gasteiger partial charge in [0.1, 0.15) is 11.5 Å². The predicted octanol–water partition coefficient (Wildman–Crippen LogP) is 2.29. The number of piperazine rings is 1. The molecule has 0 bridgehead atoms. The number of rotatable bonds is 2. The number of aromatic nitrogens is 3. The van der Waals surface area contributed by atoms with Crippen molar-refractivity contribution >= 4 is 22.8 Å². The minimum Gasteiger partial charge on any atom is -0.353 e. The van der Waals surface area contributed by atoms with Gasteiger partial charge in [-0.05, 0) is 24.3 Å². The Kier molecular flexibility index (Phi) is 3.65. The van der Waals surface area contributed by atoms with Crippen LogP contribution in [0, 0.1) is 0 Å². The van der Waals surface area contributed by atoms with Crippen LogP contribution < -0.4 is 4.90 Å². The maximum absolute atomic E-state index is 11.4. The number of hydrogen-bond donors (Lipinski definition) is 1. The average Bonchev–Trinajstić information content (AvgIpc) is 3.06. The molecule has 6 heteroatoms. The van der Waals surface area contributed by atoms with Crippen LogP contribution in [-0.4, -0.2) is 51.9 Å². The maximum Gasteiger partial charge on any atom is 0.219 e. The van der Waals surface area contributed by atoms with Gasteiger partial charge >= 0.3 is 0 Å². The Morgan fingerprint density at radius 2 is 1.79 bits per heavy atom. The highest BCUT2D eigenvalue weighted by atomic mass is 16.2. The van der Waals surface area contributed by atoms with E-state index in [0.29, 0.717) is 0 Å². The quantitative estimate of drug-likeness (QED) is 0.786. The van der Waals surface area contributed by atoms with Crippen LogP contribution >= 0.6 is 0 Å². The fourth-order valence-corrected chi connectivity index (χ4v) is 3.06. The summed E-state index contributed by atoms with van der Waals surface area (Å²) in [6.07, 6.45) is 0. The molecule has 0 aliphatic carbocycles. The lowest BCUT2D eigenvalue weighted by Gasteiger charge is -2.35. The van der Waals surface area contributed by atoms with Gasteiger partial charge in [-0.1, -0.05) is 18.2 Å². The monoisotopic (exact) mass is 321 g/mol. The fraction of sp³-hybridized carbons (Fsp3) is 0.278. The first-order valence-corrected chi connectivity index (χ1v) is 8.13. The molecular formula is C18H19N5O. The van der Waals surface area contributed by atoms with Crippen LogP contribution in [-0.2, 0) is 4.79 Å². The van der Waals surface area contributed by atoms with E-state index in [9.17, 15) is 4.79 Å². The molecule has 3 heterocycles. The Balaban J connectivity index is 1.59. The molecule has 0 spiro atoms. The zero-order valence-electron chi connectivity index (χ0n) is 13.6. The highest BCUT2D eigenvalue weighted by molar-refractivity contribution is 5.78. The van der Waals surface area contributed by atoms with Gasteiger partial charge in [0.2, 0.25) is 5.91 Å². The molecule has 0 unspecified atom stereocenters. The van der Waals surface area contributed by atoms with Crippen molar-refractivity contribution in [2.24, 2.45) is 0 Å². The number of amides is 1. The second kappa shape index (κ2) is 5.96. The number of carbonyl (C=O) groups excluding carboxylic acids is 1. The van der Waals surface area contributed by atoms with Crippen molar-refractivity contribution in [1.29, 1.82) is 0 Å². The first-order chi connectivity index (χ1) is 11.7. The average molecular weight is 321 g/mol. The Morgan fingerprint density at radius 1 is 1.00 bits per heavy atom. The van der Waals surface area contributed by atoms with Gasteiger partial charge in [0.15, 0.2) is 5.82 Å². The lowest BCUT2D eigenvalue weighted by atomic mass is 10.3. The first kappa shape index (κ1) is 14.7. The van der Waals surface area contributed by atoms with E-state index in [0.717, 1.165) is 54.5 Å². The number of imidazole rings is 1. The lowest BCUT2D eigenvalue weighted by molar-refractivity contribution is -0.129. The summed E-state index contributed by atoms with van der Waals surface area (Å²) in [5, 5.41) is 0. The standard InChI is InChI=1S/C18H19N5O/c1-13(24)22-9-11-23(12-10-22)17-8-4-7-16(19-17)18-20-14-5-2-3-6-15(14)21-18/h2-8H,9-12H2,1H3,(H,20,21). The highest BCUT2D eigenvalue weighted by Gasteiger charge is 2.20. The summed E-state index contributed by atoms with van der Waals surface area (Å²) in [5.74, 6) is 1.84. The van der Waals surface area contributed by atoms with Crippen molar-refractivity contribution in [1.82, 2.24) is 19.9 Å². The molecule has 1 aliphatic rings. The molecule has 6 nitrogen and oxygen atoms in total. The van der Waals surface area contributed by atoms with Gasteiger partial charge in [0, 0.05) is 33.1 Å². The number of hydrogen-bond acceptors (Lipinski definition) is 4. The molecule has 122 valence electrons. The minimum absolute atomic E-state index is 0.138. The SMILES string of the molecule is CC(=O)N1CCN(c2cccc(-c3nc4ccccc4[nH]3)n2)CC1. The van der Waals surface area contributed by atoms with Gasteiger partial charge in [0.05, 0.1) is 11.0 Å². The smallest absolute Gasteiger partial charge is 0.219 e. The Bertz CT molecular complexity index is 847. The zero-order valence-corrected chi connectivity index (χ0v) is 13.6. The van der Waals surface area contributed by atoms with E-state index in [4.69, 9.17) is 4.98 Å². The number of aromatic amines is 1. The molecule has 2 aromatic heterocycles. The number of nitrogens with zero attached hydrogens (tertiary/aromatic N) is 4. The summed E-state index contributed by atoms with van der Waals surface area (Å²) in [6, 6.07) is 13.9. The van der Waals surface area contributed by atoms with Crippen LogP contribution in [0.4, 0.5) is 5.82 Å². The number of anilines is 1. The summed E-state index contributed by atoms with van der Waals surface area (Å²) in [6.45, 7) is 4.71. The van der Waals surface area contributed by atoms with Crippen molar-refractivity contribution in [3.8, 4) is 11.5 Å². The second-order valence-electron chi connectivity index (χ2n) is 5.98. The largest absolute Gasteiger partial charge is 0.353 e. The molecule has 0 radical (unpaired) electrons. The normalized spacial score (nSPS) is 15.0. The van der Waals surface area contributed by atoms with Gasteiger partial charge in [-0.3, -0.25) is 4.79 Å². The van der Waals surface area contributed by atoms with E-state index in [-0.39, 0.29) is 5.91 Å². The molecule has 1 saturated heterocycles. The van der Waals surface area contributed by atoms with Crippen molar-refractivity contribution in [2.75, 3.05) is 31.1 Å². The molecule has 0 atom stereocenters. The van der Waals surface area contributed by atoms with Crippen LogP contribution in [0.3, 0.4) is 0 Å². The van der Waals surface area contributed by atoms with E-state index in [1.54, 1.807) is 6.92 Å². The third-order valence-corrected chi connectivity index (χ3v) is 4.42. The zero-order chi connectivity index (χ0) is 16.5. The Morgan fingerprint density at radius 3 is 2.54 bits per heavy atom. The second-order valence-corrected chi connectivity index (χ2v) is 5.98. The molecule has 3 aromatic rings. The third kappa shape index (κ3) is 2.71. The summed E-state index contributed by atoms with van der Waals surface area (Å²) < 4.78 is 0. The van der Waals surface area contributed by atoms with Crippen molar-refractivity contribution in [3.05, 3.63) is 42.5 Å². The van der Waals surface area contributed by atoms with Gasteiger partial charge in [0.25, 0.3) is 0 Å². The number of nitrogens with one attached hydrogen (secondary N) is 1. The van der Waals surface area contributed by atoms with Gasteiger partial charge < -0.3 is 14.8 Å². The molecule has 24 heavy (non-hydrogen) atoms. The van der Waals surface area contributed by atoms with Crippen molar-refractivity contribution in [3.63, 3.8) is 0 Å². The molecule has 4 rings (SSSR count). The molecule has 1 aliphatic heterocycles. The number of fused-ring (bicyclic) bond motifs is 1. The summed E-state index contributed by atoms with van der Waals surface area (Å²) in [4.78, 5) is 28.2. The van der Waals surface area contributed by atoms with Crippen molar-refractivity contribution in [2.45, 2.75) is 6.92 Å². The van der Waals surface area contributed by atoms with E-state index in [1.165, 1.54) is 0 Å². The van der Waals surface area contributed by atoms with Gasteiger partial charge in [-0.25, -0.2) is 9.97 Å². The summed E-state index contributed by atoms with van der Waals surface area (Å²) in [5.41, 5.74) is 2.78. The molecule has 0 saturated carbocycles. The first-order valence-electron chi connectivity index (χ1n) is 8.13. The lowest BCUT2D eigenvalue weighted by Crippen LogP contribution is -2.48. The van der Waals surface area contributed by atoms with Crippen LogP contribution in [0.5, 0.6) is 0 Å². The molecular weight excluding hydrogens is 302 g/mol. The summed E-state index contributed by atoms with van der Waals surface area (Å²) >= 11 is 0. The van der Waals surface area contributed by atoms with Gasteiger partial charge in [-0.2, -0.15) is 0 Å². The van der Waals surface area contributed by atoms with Crippen molar-refractivity contribution < 1.29 is 4.79 Å². The molecule has 1 amide bonds. The highest BCUT2D eigenvalue weighted by Crippen LogP contribution is 2.22. The third-order valence-electron chi connectivity index (χ3n) is 4.42. The number of pyridine rings is 1. The van der Waals surface area contributed by atoms with E-state index in [2.05, 4.69) is 14.9 Å². The van der Waals surface area contributed by atoms with Crippen LogP contribution in [0.15, 0.2) is 42.5 Å². The molecule has 1 N–H and O–H groups in total. The van der Waals surface area contributed by atoms with E-state index in [1.807, 2.05) is 47.4 Å². The predicted molar refractivity (Wildman–Crippen MR) is 93.8 cm³/mol. The number of para-hydroxylation sites is 2. The number of carbonyl (C=O) groups is 1. The van der Waals surface area contributed by atoms with E-state index < -0.39 is 0 Å².